The number of thiazole rings is 1. The number of hydrogen-bond acceptors (Lipinski definition) is 4. The van der Waals surface area contributed by atoms with Gasteiger partial charge in [0.05, 0.1) is 16.8 Å². The molecule has 2 aliphatic rings. The average Bonchev–Trinajstić information content (AvgIpc) is 2.82. The summed E-state index contributed by atoms with van der Waals surface area (Å²) in [6.45, 7) is 1.68. The summed E-state index contributed by atoms with van der Waals surface area (Å²) in [6, 6.07) is 0. The van der Waals surface area contributed by atoms with Crippen LogP contribution >= 0.6 is 11.3 Å². The number of nitrogens with two attached hydrogens (primary N) is 1. The third-order valence-corrected chi connectivity index (χ3v) is 5.23. The highest BCUT2D eigenvalue weighted by atomic mass is 32.1. The number of nitrogens with zero attached hydrogens (tertiary/aromatic N) is 1. The number of aromatic nitrogens is 1. The van der Waals surface area contributed by atoms with E-state index >= 15 is 0 Å². The molecule has 0 bridgehead atoms. The Morgan fingerprint density at radius 1 is 1.28 bits per heavy atom. The fourth-order valence-corrected chi connectivity index (χ4v) is 4.30. The molecule has 0 aromatic carbocycles. The summed E-state index contributed by atoms with van der Waals surface area (Å²) in [5, 5.41) is 1.27. The molecule has 1 aromatic rings. The van der Waals surface area contributed by atoms with Crippen molar-refractivity contribution in [3.8, 4) is 0 Å². The van der Waals surface area contributed by atoms with Crippen LogP contribution in [-0.4, -0.2) is 24.2 Å². The van der Waals surface area contributed by atoms with E-state index in [1.54, 1.807) is 0 Å². The number of hydrogen-bond donors (Lipinski definition) is 1. The van der Waals surface area contributed by atoms with Gasteiger partial charge in [-0.3, -0.25) is 0 Å². The van der Waals surface area contributed by atoms with Crippen LogP contribution in [0.25, 0.3) is 0 Å². The van der Waals surface area contributed by atoms with Crippen molar-refractivity contribution in [2.24, 2.45) is 5.73 Å². The predicted octanol–water partition coefficient (Wildman–Crippen LogP) is 2.63. The molecule has 18 heavy (non-hydrogen) atoms. The first-order chi connectivity index (χ1) is 8.86. The Labute approximate surface area is 113 Å². The van der Waals surface area contributed by atoms with Gasteiger partial charge in [0.25, 0.3) is 0 Å². The first-order valence-electron chi connectivity index (χ1n) is 7.17. The molecule has 0 saturated carbocycles. The first kappa shape index (κ1) is 12.6. The summed E-state index contributed by atoms with van der Waals surface area (Å²) in [7, 11) is 0. The second-order valence-corrected chi connectivity index (χ2v) is 6.60. The minimum Gasteiger partial charge on any atom is -0.378 e. The van der Waals surface area contributed by atoms with Gasteiger partial charge in [0, 0.05) is 30.4 Å². The molecule has 2 N–H and O–H groups in total. The summed E-state index contributed by atoms with van der Waals surface area (Å²) >= 11 is 1.90. The molecule has 0 amide bonds. The van der Waals surface area contributed by atoms with Crippen LogP contribution < -0.4 is 5.73 Å². The van der Waals surface area contributed by atoms with Gasteiger partial charge in [-0.1, -0.05) is 0 Å². The van der Waals surface area contributed by atoms with E-state index < -0.39 is 0 Å². The molecule has 1 aromatic heterocycles. The molecule has 2 heterocycles. The van der Waals surface area contributed by atoms with Gasteiger partial charge in [0.15, 0.2) is 0 Å². The molecule has 3 rings (SSSR count). The third kappa shape index (κ3) is 2.60. The zero-order valence-corrected chi connectivity index (χ0v) is 11.7. The lowest BCUT2D eigenvalue weighted by molar-refractivity contribution is 0.0167. The summed E-state index contributed by atoms with van der Waals surface area (Å²) in [5.74, 6) is 0.506. The predicted molar refractivity (Wildman–Crippen MR) is 74.1 cm³/mol. The van der Waals surface area contributed by atoms with Crippen LogP contribution in [0.5, 0.6) is 0 Å². The Morgan fingerprint density at radius 3 is 3.00 bits per heavy atom. The highest BCUT2D eigenvalue weighted by Crippen LogP contribution is 2.35. The van der Waals surface area contributed by atoms with Crippen molar-refractivity contribution in [2.75, 3.05) is 13.2 Å². The largest absolute Gasteiger partial charge is 0.378 e. The lowest BCUT2D eigenvalue weighted by Gasteiger charge is -2.21. The highest BCUT2D eigenvalue weighted by Gasteiger charge is 2.25. The molecular formula is C14H22N2OS. The topological polar surface area (TPSA) is 48.1 Å². The Hall–Kier alpha value is -0.450. The van der Waals surface area contributed by atoms with Gasteiger partial charge in [-0.15, -0.1) is 11.3 Å². The molecule has 2 unspecified atom stereocenters. The quantitative estimate of drug-likeness (QED) is 0.915. The standard InChI is InChI=1S/C14H22N2OS/c15-9-10-4-3-6-12-14(10)16-13(18-12)8-11-5-1-2-7-17-11/h10-11H,1-9,15H2. The van der Waals surface area contributed by atoms with Crippen molar-refractivity contribution in [1.29, 1.82) is 0 Å². The van der Waals surface area contributed by atoms with Gasteiger partial charge in [0.1, 0.15) is 0 Å². The molecule has 1 aliphatic heterocycles. The molecular weight excluding hydrogens is 244 g/mol. The van der Waals surface area contributed by atoms with E-state index in [1.807, 2.05) is 11.3 Å². The van der Waals surface area contributed by atoms with Gasteiger partial charge >= 0.3 is 0 Å². The van der Waals surface area contributed by atoms with E-state index in [0.717, 1.165) is 19.6 Å². The second-order valence-electron chi connectivity index (χ2n) is 5.43. The van der Waals surface area contributed by atoms with E-state index in [2.05, 4.69) is 0 Å². The molecule has 100 valence electrons. The van der Waals surface area contributed by atoms with Crippen LogP contribution in [0.1, 0.15) is 53.6 Å². The number of fused-ring (bicyclic) bond motifs is 1. The number of aryl methyl sites for hydroxylation is 1. The van der Waals surface area contributed by atoms with Gasteiger partial charge in [-0.2, -0.15) is 0 Å². The molecule has 2 atom stereocenters. The molecule has 1 aliphatic carbocycles. The van der Waals surface area contributed by atoms with Crippen molar-refractivity contribution in [1.82, 2.24) is 4.98 Å². The van der Waals surface area contributed by atoms with Crippen LogP contribution in [0, 0.1) is 0 Å². The zero-order valence-electron chi connectivity index (χ0n) is 10.9. The smallest absolute Gasteiger partial charge is 0.0957 e. The highest BCUT2D eigenvalue weighted by molar-refractivity contribution is 7.11. The van der Waals surface area contributed by atoms with Gasteiger partial charge in [-0.05, 0) is 38.5 Å². The van der Waals surface area contributed by atoms with E-state index in [4.69, 9.17) is 15.5 Å². The Bertz CT molecular complexity index is 398. The van der Waals surface area contributed by atoms with Gasteiger partial charge in [0.2, 0.25) is 0 Å². The molecule has 1 fully saturated rings. The summed E-state index contributed by atoms with van der Waals surface area (Å²) in [6.07, 6.45) is 8.83. The monoisotopic (exact) mass is 266 g/mol. The van der Waals surface area contributed by atoms with Crippen LogP contribution in [0.2, 0.25) is 0 Å². The Balaban J connectivity index is 1.71. The van der Waals surface area contributed by atoms with E-state index in [-0.39, 0.29) is 0 Å². The Kier molecular flexibility index (Phi) is 3.97. The molecule has 1 saturated heterocycles. The van der Waals surface area contributed by atoms with Crippen molar-refractivity contribution >= 4 is 11.3 Å². The fourth-order valence-electron chi connectivity index (χ4n) is 3.04. The maximum Gasteiger partial charge on any atom is 0.0957 e. The van der Waals surface area contributed by atoms with E-state index in [0.29, 0.717) is 12.0 Å². The maximum absolute atomic E-state index is 5.85. The lowest BCUT2D eigenvalue weighted by Crippen LogP contribution is -2.21. The van der Waals surface area contributed by atoms with Crippen molar-refractivity contribution < 1.29 is 4.74 Å². The molecule has 3 nitrogen and oxygen atoms in total. The van der Waals surface area contributed by atoms with E-state index in [1.165, 1.54) is 54.1 Å². The average molecular weight is 266 g/mol. The molecule has 4 heteroatoms. The van der Waals surface area contributed by atoms with Crippen LogP contribution in [0.4, 0.5) is 0 Å². The maximum atomic E-state index is 5.85. The summed E-state index contributed by atoms with van der Waals surface area (Å²) in [4.78, 5) is 6.34. The normalized spacial score (nSPS) is 28.1. The Morgan fingerprint density at radius 2 is 2.22 bits per heavy atom. The minimum absolute atomic E-state index is 0.405. The number of ether oxygens (including phenoxy) is 1. The summed E-state index contributed by atoms with van der Waals surface area (Å²) in [5.41, 5.74) is 7.16. The van der Waals surface area contributed by atoms with Gasteiger partial charge in [-0.25, -0.2) is 4.98 Å². The minimum atomic E-state index is 0.405. The van der Waals surface area contributed by atoms with Gasteiger partial charge < -0.3 is 10.5 Å². The van der Waals surface area contributed by atoms with Crippen LogP contribution in [0.3, 0.4) is 0 Å². The fraction of sp³-hybridized carbons (Fsp3) is 0.786. The van der Waals surface area contributed by atoms with Crippen molar-refractivity contribution in [3.63, 3.8) is 0 Å². The second kappa shape index (κ2) is 5.68. The first-order valence-corrected chi connectivity index (χ1v) is 7.98. The molecule has 0 spiro atoms. The summed E-state index contributed by atoms with van der Waals surface area (Å²) < 4.78 is 5.81. The number of rotatable bonds is 3. The van der Waals surface area contributed by atoms with E-state index in [9.17, 15) is 0 Å². The molecule has 0 radical (unpaired) electrons. The lowest BCUT2D eigenvalue weighted by atomic mass is 9.91. The third-order valence-electron chi connectivity index (χ3n) is 4.08. The van der Waals surface area contributed by atoms with Crippen LogP contribution in [0.15, 0.2) is 0 Å². The zero-order chi connectivity index (χ0) is 12.4. The van der Waals surface area contributed by atoms with Crippen LogP contribution in [-0.2, 0) is 17.6 Å². The van der Waals surface area contributed by atoms with Crippen molar-refractivity contribution in [2.45, 2.75) is 57.0 Å². The SMILES string of the molecule is NCC1CCCc2sc(CC3CCCCO3)nc21. The van der Waals surface area contributed by atoms with Crippen molar-refractivity contribution in [3.05, 3.63) is 15.6 Å².